The van der Waals surface area contributed by atoms with Gasteiger partial charge in [0.2, 0.25) is 5.88 Å². The molecule has 0 spiro atoms. The van der Waals surface area contributed by atoms with Crippen LogP contribution in [0.5, 0.6) is 5.88 Å². The summed E-state index contributed by atoms with van der Waals surface area (Å²) >= 11 is 3.43. The highest BCUT2D eigenvalue weighted by Gasteiger charge is 2.15. The van der Waals surface area contributed by atoms with Crippen molar-refractivity contribution < 1.29 is 4.74 Å². The third kappa shape index (κ3) is 2.92. The number of aryl methyl sites for hydroxylation is 1. The lowest BCUT2D eigenvalue weighted by Gasteiger charge is -2.23. The number of ether oxygens (including phenoxy) is 1. The summed E-state index contributed by atoms with van der Waals surface area (Å²) in [7, 11) is 0. The Balaban J connectivity index is 2.00. The molecule has 1 N–H and O–H groups in total. The summed E-state index contributed by atoms with van der Waals surface area (Å²) in [6, 6.07) is 1.98. The number of rotatable bonds is 2. The lowest BCUT2D eigenvalue weighted by Crippen LogP contribution is -2.34. The Kier molecular flexibility index (Phi) is 3.59. The minimum Gasteiger partial charge on any atom is -0.474 e. The van der Waals surface area contributed by atoms with Gasteiger partial charge in [-0.1, -0.05) is 0 Å². The van der Waals surface area contributed by atoms with Crippen molar-refractivity contribution >= 4 is 15.9 Å². The van der Waals surface area contributed by atoms with Crippen molar-refractivity contribution in [3.05, 3.63) is 22.3 Å². The maximum absolute atomic E-state index is 5.82. The number of aromatic nitrogens is 1. The minimum absolute atomic E-state index is 0.319. The Morgan fingerprint density at radius 3 is 2.87 bits per heavy atom. The number of pyridine rings is 1. The summed E-state index contributed by atoms with van der Waals surface area (Å²) < 4.78 is 6.85. The second kappa shape index (κ2) is 4.94. The van der Waals surface area contributed by atoms with Crippen LogP contribution in [0.4, 0.5) is 0 Å². The molecule has 0 radical (unpaired) electrons. The van der Waals surface area contributed by atoms with Crippen LogP contribution in [0.1, 0.15) is 18.4 Å². The first-order valence-electron chi connectivity index (χ1n) is 5.25. The predicted molar refractivity (Wildman–Crippen MR) is 63.2 cm³/mol. The molecule has 1 aliphatic heterocycles. The van der Waals surface area contributed by atoms with Gasteiger partial charge in [-0.2, -0.15) is 0 Å². The molecule has 0 aliphatic carbocycles. The standard InChI is InChI=1S/C11H15BrN2O/c1-8-6-11(14-7-10(8)12)15-9-2-4-13-5-3-9/h6-7,9,13H,2-5H2,1H3. The van der Waals surface area contributed by atoms with E-state index in [2.05, 4.69) is 26.2 Å². The van der Waals surface area contributed by atoms with Crippen LogP contribution in [0.3, 0.4) is 0 Å². The molecule has 82 valence electrons. The largest absolute Gasteiger partial charge is 0.474 e. The number of halogens is 1. The van der Waals surface area contributed by atoms with Crippen molar-refractivity contribution in [1.29, 1.82) is 0 Å². The molecule has 1 saturated heterocycles. The Morgan fingerprint density at radius 2 is 2.20 bits per heavy atom. The predicted octanol–water partition coefficient (Wildman–Crippen LogP) is 2.28. The van der Waals surface area contributed by atoms with E-state index in [0.717, 1.165) is 41.8 Å². The van der Waals surface area contributed by atoms with Gasteiger partial charge >= 0.3 is 0 Å². The number of piperidine rings is 1. The summed E-state index contributed by atoms with van der Waals surface area (Å²) in [5, 5.41) is 3.31. The first-order chi connectivity index (χ1) is 7.25. The Hall–Kier alpha value is -0.610. The van der Waals surface area contributed by atoms with Gasteiger partial charge in [-0.15, -0.1) is 0 Å². The maximum Gasteiger partial charge on any atom is 0.213 e. The van der Waals surface area contributed by atoms with E-state index in [-0.39, 0.29) is 0 Å². The van der Waals surface area contributed by atoms with E-state index < -0.39 is 0 Å². The van der Waals surface area contributed by atoms with Crippen LogP contribution in [0, 0.1) is 6.92 Å². The highest BCUT2D eigenvalue weighted by molar-refractivity contribution is 9.10. The average molecular weight is 271 g/mol. The molecular weight excluding hydrogens is 256 g/mol. The van der Waals surface area contributed by atoms with E-state index in [4.69, 9.17) is 4.74 Å². The summed E-state index contributed by atoms with van der Waals surface area (Å²) in [5.74, 6) is 0.739. The summed E-state index contributed by atoms with van der Waals surface area (Å²) in [6.45, 7) is 4.13. The Labute approximate surface area is 98.4 Å². The fourth-order valence-corrected chi connectivity index (χ4v) is 1.88. The Morgan fingerprint density at radius 1 is 1.47 bits per heavy atom. The molecule has 2 heterocycles. The van der Waals surface area contributed by atoms with Crippen LogP contribution in [0.15, 0.2) is 16.7 Å². The molecule has 0 atom stereocenters. The second-order valence-corrected chi connectivity index (χ2v) is 4.69. The van der Waals surface area contributed by atoms with Crippen LogP contribution in [0.2, 0.25) is 0 Å². The fraction of sp³-hybridized carbons (Fsp3) is 0.545. The molecule has 0 bridgehead atoms. The van der Waals surface area contributed by atoms with Gasteiger partial charge in [-0.25, -0.2) is 4.98 Å². The van der Waals surface area contributed by atoms with Crippen molar-refractivity contribution in [3.63, 3.8) is 0 Å². The molecule has 0 amide bonds. The molecule has 1 aliphatic rings. The van der Waals surface area contributed by atoms with Gasteiger partial charge in [0.1, 0.15) is 6.10 Å². The van der Waals surface area contributed by atoms with Gasteiger partial charge in [0, 0.05) is 16.7 Å². The smallest absolute Gasteiger partial charge is 0.213 e. The molecule has 0 saturated carbocycles. The zero-order valence-corrected chi connectivity index (χ0v) is 10.4. The number of hydrogen-bond acceptors (Lipinski definition) is 3. The molecule has 1 fully saturated rings. The minimum atomic E-state index is 0.319. The molecular formula is C11H15BrN2O. The third-order valence-corrected chi connectivity index (χ3v) is 3.43. The number of hydrogen-bond donors (Lipinski definition) is 1. The zero-order valence-electron chi connectivity index (χ0n) is 8.79. The van der Waals surface area contributed by atoms with Gasteiger partial charge in [0.25, 0.3) is 0 Å². The molecule has 0 aromatic carbocycles. The van der Waals surface area contributed by atoms with Gasteiger partial charge in [0.05, 0.1) is 0 Å². The highest BCUT2D eigenvalue weighted by atomic mass is 79.9. The van der Waals surface area contributed by atoms with E-state index in [1.165, 1.54) is 0 Å². The van der Waals surface area contributed by atoms with E-state index >= 15 is 0 Å². The molecule has 4 heteroatoms. The van der Waals surface area contributed by atoms with Crippen LogP contribution < -0.4 is 10.1 Å². The second-order valence-electron chi connectivity index (χ2n) is 3.84. The monoisotopic (exact) mass is 270 g/mol. The van der Waals surface area contributed by atoms with E-state index in [1.54, 1.807) is 6.20 Å². The van der Waals surface area contributed by atoms with Gasteiger partial charge in [0.15, 0.2) is 0 Å². The maximum atomic E-state index is 5.82. The van der Waals surface area contributed by atoms with E-state index in [1.807, 2.05) is 13.0 Å². The molecule has 1 aromatic rings. The Bertz CT molecular complexity index is 337. The molecule has 3 nitrogen and oxygen atoms in total. The van der Waals surface area contributed by atoms with Crippen LogP contribution >= 0.6 is 15.9 Å². The van der Waals surface area contributed by atoms with Crippen molar-refractivity contribution in [1.82, 2.24) is 10.3 Å². The topological polar surface area (TPSA) is 34.1 Å². The van der Waals surface area contributed by atoms with E-state index in [0.29, 0.717) is 6.10 Å². The lowest BCUT2D eigenvalue weighted by atomic mass is 10.1. The average Bonchev–Trinajstić information content (AvgIpc) is 2.25. The first-order valence-corrected chi connectivity index (χ1v) is 6.04. The van der Waals surface area contributed by atoms with Crippen LogP contribution in [-0.4, -0.2) is 24.2 Å². The first kappa shape index (κ1) is 10.9. The normalized spacial score (nSPS) is 17.7. The number of nitrogens with zero attached hydrogens (tertiary/aromatic N) is 1. The molecule has 15 heavy (non-hydrogen) atoms. The summed E-state index contributed by atoms with van der Waals surface area (Å²) in [4.78, 5) is 4.24. The van der Waals surface area contributed by atoms with Gasteiger partial charge < -0.3 is 10.1 Å². The summed E-state index contributed by atoms with van der Waals surface area (Å²) in [5.41, 5.74) is 1.16. The SMILES string of the molecule is Cc1cc(OC2CCNCC2)ncc1Br. The zero-order chi connectivity index (χ0) is 10.7. The van der Waals surface area contributed by atoms with Crippen LogP contribution in [-0.2, 0) is 0 Å². The quantitative estimate of drug-likeness (QED) is 0.896. The molecule has 2 rings (SSSR count). The van der Waals surface area contributed by atoms with Crippen molar-refractivity contribution in [3.8, 4) is 5.88 Å². The lowest BCUT2D eigenvalue weighted by molar-refractivity contribution is 0.156. The van der Waals surface area contributed by atoms with Gasteiger partial charge in [-0.3, -0.25) is 0 Å². The fourth-order valence-electron chi connectivity index (χ4n) is 1.66. The van der Waals surface area contributed by atoms with Crippen molar-refractivity contribution in [2.24, 2.45) is 0 Å². The number of nitrogens with one attached hydrogen (secondary N) is 1. The van der Waals surface area contributed by atoms with E-state index in [9.17, 15) is 0 Å². The summed E-state index contributed by atoms with van der Waals surface area (Å²) in [6.07, 6.45) is 4.25. The third-order valence-electron chi connectivity index (χ3n) is 2.60. The molecule has 0 unspecified atom stereocenters. The molecule has 1 aromatic heterocycles. The highest BCUT2D eigenvalue weighted by Crippen LogP contribution is 2.20. The van der Waals surface area contributed by atoms with Crippen molar-refractivity contribution in [2.45, 2.75) is 25.9 Å². The van der Waals surface area contributed by atoms with Gasteiger partial charge in [-0.05, 0) is 54.3 Å². The van der Waals surface area contributed by atoms with Crippen molar-refractivity contribution in [2.75, 3.05) is 13.1 Å². The van der Waals surface area contributed by atoms with Crippen LogP contribution in [0.25, 0.3) is 0 Å².